The Bertz CT molecular complexity index is 714. The predicted octanol–water partition coefficient (Wildman–Crippen LogP) is 4.30. The molecule has 1 aromatic heterocycles. The maximum Gasteiger partial charge on any atom is 0.280 e. The molecule has 0 atom stereocenters. The number of aliphatic imine (C=N–C) groups is 1. The summed E-state index contributed by atoms with van der Waals surface area (Å²) in [4.78, 5) is 19.4. The normalized spacial score (nSPS) is 13.3. The summed E-state index contributed by atoms with van der Waals surface area (Å²) in [6, 6.07) is 9.57. The summed E-state index contributed by atoms with van der Waals surface area (Å²) in [5, 5.41) is 10.2. The van der Waals surface area contributed by atoms with E-state index >= 15 is 0 Å². The van der Waals surface area contributed by atoms with E-state index in [2.05, 4.69) is 16.9 Å². The number of aromatic nitrogens is 1. The van der Waals surface area contributed by atoms with Gasteiger partial charge in [-0.05, 0) is 18.4 Å². The lowest BCUT2D eigenvalue weighted by Crippen LogP contribution is -1.97. The van der Waals surface area contributed by atoms with Crippen LogP contribution in [-0.2, 0) is 0 Å². The molecule has 4 nitrogen and oxygen atoms in total. The zero-order chi connectivity index (χ0) is 15.5. The number of benzene rings is 1. The van der Waals surface area contributed by atoms with Crippen molar-refractivity contribution in [1.82, 2.24) is 4.98 Å². The van der Waals surface area contributed by atoms with Crippen LogP contribution < -0.4 is 0 Å². The first kappa shape index (κ1) is 14.6. The predicted molar refractivity (Wildman–Crippen MR) is 87.5 cm³/mol. The highest BCUT2D eigenvalue weighted by Gasteiger charge is 2.32. The average Bonchev–Trinajstić information content (AvgIpc) is 3.04. The minimum Gasteiger partial charge on any atom is -0.494 e. The van der Waals surface area contributed by atoms with Crippen LogP contribution in [0.3, 0.4) is 0 Å². The zero-order valence-corrected chi connectivity index (χ0v) is 12.7. The van der Waals surface area contributed by atoms with Gasteiger partial charge in [-0.2, -0.15) is 0 Å². The Balaban J connectivity index is 1.90. The van der Waals surface area contributed by atoms with Crippen molar-refractivity contribution in [3.05, 3.63) is 41.5 Å². The average molecular weight is 296 g/mol. The molecule has 2 aromatic rings. The first-order valence-electron chi connectivity index (χ1n) is 7.85. The van der Waals surface area contributed by atoms with Crippen molar-refractivity contribution >= 4 is 11.6 Å². The van der Waals surface area contributed by atoms with Crippen molar-refractivity contribution in [3.8, 4) is 17.1 Å². The summed E-state index contributed by atoms with van der Waals surface area (Å²) in [6.45, 7) is 2.17. The molecule has 4 heteroatoms. The van der Waals surface area contributed by atoms with Gasteiger partial charge in [-0.1, -0.05) is 56.5 Å². The van der Waals surface area contributed by atoms with E-state index in [4.69, 9.17) is 0 Å². The third kappa shape index (κ3) is 2.56. The van der Waals surface area contributed by atoms with E-state index in [9.17, 15) is 9.90 Å². The summed E-state index contributed by atoms with van der Waals surface area (Å²) in [7, 11) is 0. The summed E-state index contributed by atoms with van der Waals surface area (Å²) in [6.07, 6.45) is 5.20. The minimum absolute atomic E-state index is 0.0499. The number of fused-ring (bicyclic) bond motifs is 1. The number of amides is 1. The molecule has 3 rings (SSSR count). The molecule has 0 saturated carbocycles. The fourth-order valence-corrected chi connectivity index (χ4v) is 2.94. The van der Waals surface area contributed by atoms with Gasteiger partial charge in [0.1, 0.15) is 0 Å². The van der Waals surface area contributed by atoms with Crippen LogP contribution in [0.25, 0.3) is 11.3 Å². The molecule has 114 valence electrons. The zero-order valence-electron chi connectivity index (χ0n) is 12.7. The van der Waals surface area contributed by atoms with Crippen molar-refractivity contribution in [2.45, 2.75) is 39.0 Å². The number of aromatic amines is 1. The maximum absolute atomic E-state index is 12.3. The lowest BCUT2D eigenvalue weighted by Gasteiger charge is -2.00. The van der Waals surface area contributed by atoms with Gasteiger partial charge < -0.3 is 10.1 Å². The lowest BCUT2D eigenvalue weighted by molar-refractivity contribution is 0.101. The quantitative estimate of drug-likeness (QED) is 0.780. The van der Waals surface area contributed by atoms with Crippen molar-refractivity contribution in [2.24, 2.45) is 4.99 Å². The molecule has 1 aliphatic heterocycles. The summed E-state index contributed by atoms with van der Waals surface area (Å²) < 4.78 is 0. The third-order valence-electron chi connectivity index (χ3n) is 4.05. The molecular formula is C18H20N2O2. The van der Waals surface area contributed by atoms with Crippen LogP contribution in [0.15, 0.2) is 35.3 Å². The molecule has 0 saturated heterocycles. The summed E-state index contributed by atoms with van der Waals surface area (Å²) >= 11 is 0. The van der Waals surface area contributed by atoms with Crippen molar-refractivity contribution < 1.29 is 9.90 Å². The van der Waals surface area contributed by atoms with Gasteiger partial charge in [0.15, 0.2) is 5.88 Å². The molecule has 2 N–H and O–H groups in total. The molecule has 1 aromatic carbocycles. The Morgan fingerprint density at radius 2 is 1.86 bits per heavy atom. The van der Waals surface area contributed by atoms with Crippen LogP contribution in [0.4, 0.5) is 0 Å². The standard InChI is InChI=1S/C18H20N2O2/c1-2-3-4-8-11-13-14-15(18(22)19-13)16(20-17(14)21)12-9-6-5-7-10-12/h5-7,9-10,20-21H,2-4,8,11H2,1H3. The molecule has 0 spiro atoms. The smallest absolute Gasteiger partial charge is 0.280 e. The van der Waals surface area contributed by atoms with Gasteiger partial charge in [0.2, 0.25) is 0 Å². The van der Waals surface area contributed by atoms with Crippen LogP contribution in [0.2, 0.25) is 0 Å². The van der Waals surface area contributed by atoms with Gasteiger partial charge in [-0.3, -0.25) is 4.79 Å². The molecule has 2 heterocycles. The van der Waals surface area contributed by atoms with E-state index in [1.165, 1.54) is 12.8 Å². The van der Waals surface area contributed by atoms with Gasteiger partial charge in [-0.15, -0.1) is 0 Å². The fraction of sp³-hybridized carbons (Fsp3) is 0.333. The second-order valence-corrected chi connectivity index (χ2v) is 5.64. The molecular weight excluding hydrogens is 276 g/mol. The SMILES string of the molecule is CCCCCCC1=NC(=O)c2c(-c3ccccc3)[nH]c(O)c21. The third-order valence-corrected chi connectivity index (χ3v) is 4.05. The number of unbranched alkanes of at least 4 members (excludes halogenated alkanes) is 3. The maximum atomic E-state index is 12.3. The number of H-pyrrole nitrogens is 1. The molecule has 0 bridgehead atoms. The van der Waals surface area contributed by atoms with E-state index in [1.807, 2.05) is 30.3 Å². The Morgan fingerprint density at radius 1 is 1.09 bits per heavy atom. The van der Waals surface area contributed by atoms with E-state index in [1.54, 1.807) is 0 Å². The van der Waals surface area contributed by atoms with E-state index < -0.39 is 0 Å². The van der Waals surface area contributed by atoms with Gasteiger partial charge in [0, 0.05) is 0 Å². The highest BCUT2D eigenvalue weighted by molar-refractivity contribution is 6.25. The Labute approximate surface area is 129 Å². The summed E-state index contributed by atoms with van der Waals surface area (Å²) in [5.41, 5.74) is 3.36. The Kier molecular flexibility index (Phi) is 4.09. The van der Waals surface area contributed by atoms with Crippen molar-refractivity contribution in [2.75, 3.05) is 0 Å². The van der Waals surface area contributed by atoms with Crippen molar-refractivity contribution in [1.29, 1.82) is 0 Å². The molecule has 0 radical (unpaired) electrons. The number of aromatic hydroxyl groups is 1. The fourth-order valence-electron chi connectivity index (χ4n) is 2.94. The van der Waals surface area contributed by atoms with Gasteiger partial charge in [0.05, 0.1) is 22.5 Å². The van der Waals surface area contributed by atoms with Crippen LogP contribution in [-0.4, -0.2) is 21.7 Å². The Morgan fingerprint density at radius 3 is 2.59 bits per heavy atom. The monoisotopic (exact) mass is 296 g/mol. The molecule has 0 aliphatic carbocycles. The second kappa shape index (κ2) is 6.18. The summed E-state index contributed by atoms with van der Waals surface area (Å²) in [5.74, 6) is -0.204. The van der Waals surface area contributed by atoms with Gasteiger partial charge >= 0.3 is 0 Å². The first-order valence-corrected chi connectivity index (χ1v) is 7.85. The first-order chi connectivity index (χ1) is 10.7. The highest BCUT2D eigenvalue weighted by atomic mass is 16.3. The largest absolute Gasteiger partial charge is 0.494 e. The van der Waals surface area contributed by atoms with Gasteiger partial charge in [0.25, 0.3) is 5.91 Å². The number of carbonyl (C=O) groups excluding carboxylic acids is 1. The van der Waals surface area contributed by atoms with Crippen LogP contribution in [0, 0.1) is 0 Å². The van der Waals surface area contributed by atoms with Crippen LogP contribution >= 0.6 is 0 Å². The molecule has 22 heavy (non-hydrogen) atoms. The topological polar surface area (TPSA) is 65.5 Å². The molecule has 0 fully saturated rings. The second-order valence-electron chi connectivity index (χ2n) is 5.64. The van der Waals surface area contributed by atoms with Crippen LogP contribution in [0.5, 0.6) is 5.88 Å². The van der Waals surface area contributed by atoms with Crippen molar-refractivity contribution in [3.63, 3.8) is 0 Å². The lowest BCUT2D eigenvalue weighted by atomic mass is 10.0. The van der Waals surface area contributed by atoms with Gasteiger partial charge in [-0.25, -0.2) is 4.99 Å². The van der Waals surface area contributed by atoms with E-state index in [0.29, 0.717) is 22.5 Å². The highest BCUT2D eigenvalue weighted by Crippen LogP contribution is 2.37. The van der Waals surface area contributed by atoms with Crippen LogP contribution in [0.1, 0.15) is 54.9 Å². The van der Waals surface area contributed by atoms with E-state index in [-0.39, 0.29) is 11.8 Å². The molecule has 1 amide bonds. The molecule has 1 aliphatic rings. The molecule has 0 unspecified atom stereocenters. The Hall–Kier alpha value is -2.36. The number of nitrogens with one attached hydrogen (secondary N) is 1. The number of nitrogens with zero attached hydrogens (tertiary/aromatic N) is 1. The number of hydrogen-bond donors (Lipinski definition) is 2. The number of carbonyl (C=O) groups is 1. The van der Waals surface area contributed by atoms with E-state index in [0.717, 1.165) is 24.8 Å². The minimum atomic E-state index is -0.254. The number of hydrogen-bond acceptors (Lipinski definition) is 2. The number of rotatable bonds is 6.